The molecule has 0 atom stereocenters. The Balaban J connectivity index is 1.42. The molecule has 0 spiro atoms. The Morgan fingerprint density at radius 3 is 2.05 bits per heavy atom. The minimum Gasteiger partial charge on any atom is -0.299 e. The van der Waals surface area contributed by atoms with Crippen molar-refractivity contribution in [3.05, 3.63) is 0 Å². The van der Waals surface area contributed by atoms with Crippen LogP contribution in [0.1, 0.15) is 57.8 Å². The number of nitrogens with zero attached hydrogens (tertiary/aromatic N) is 1. The van der Waals surface area contributed by atoms with Crippen molar-refractivity contribution in [3.8, 4) is 6.07 Å². The summed E-state index contributed by atoms with van der Waals surface area (Å²) in [4.78, 5) is 0. The molecule has 5 fully saturated rings. The molecule has 0 heterocycles. The summed E-state index contributed by atoms with van der Waals surface area (Å²) in [6.45, 7) is 1.13. The van der Waals surface area contributed by atoms with Crippen LogP contribution >= 0.6 is 0 Å². The largest absolute Gasteiger partial charge is 0.299 e. The summed E-state index contributed by atoms with van der Waals surface area (Å²) in [5.74, 6) is 4.99. The highest BCUT2D eigenvalue weighted by molar-refractivity contribution is 5.10. The molecule has 0 aromatic heterocycles. The molecule has 0 amide bonds. The van der Waals surface area contributed by atoms with Gasteiger partial charge in [-0.05, 0) is 81.1 Å². The average molecular weight is 258 g/mol. The molecule has 0 saturated heterocycles. The van der Waals surface area contributed by atoms with Crippen molar-refractivity contribution in [3.63, 3.8) is 0 Å². The lowest BCUT2D eigenvalue weighted by Crippen LogP contribution is -2.52. The zero-order valence-electron chi connectivity index (χ0n) is 11.9. The zero-order chi connectivity index (χ0) is 12.9. The van der Waals surface area contributed by atoms with Crippen molar-refractivity contribution in [2.75, 3.05) is 6.54 Å². The molecular weight excluding hydrogens is 232 g/mol. The van der Waals surface area contributed by atoms with Crippen LogP contribution in [0.2, 0.25) is 0 Å². The van der Waals surface area contributed by atoms with E-state index in [4.69, 9.17) is 0 Å². The van der Waals surface area contributed by atoms with Crippen molar-refractivity contribution in [1.82, 2.24) is 5.32 Å². The van der Waals surface area contributed by atoms with Crippen LogP contribution in [0.5, 0.6) is 0 Å². The number of hydrogen-bond donors (Lipinski definition) is 1. The highest BCUT2D eigenvalue weighted by Gasteiger charge is 2.48. The van der Waals surface area contributed by atoms with Crippen molar-refractivity contribution in [2.24, 2.45) is 29.6 Å². The second-order valence-electron chi connectivity index (χ2n) is 7.88. The Bertz CT molecular complexity index is 361. The van der Waals surface area contributed by atoms with E-state index in [1.54, 1.807) is 0 Å². The Morgan fingerprint density at radius 1 is 0.947 bits per heavy atom. The first-order valence-corrected chi connectivity index (χ1v) is 8.44. The fraction of sp³-hybridized carbons (Fsp3) is 0.941. The average Bonchev–Trinajstić information content (AvgIpc) is 2.86. The van der Waals surface area contributed by atoms with E-state index >= 15 is 0 Å². The SMILES string of the molecule is N#CC1(NCC2C3CC4CC(C3)CC2C4)CCCC1. The van der Waals surface area contributed by atoms with E-state index in [1.165, 1.54) is 44.9 Å². The van der Waals surface area contributed by atoms with Gasteiger partial charge < -0.3 is 0 Å². The van der Waals surface area contributed by atoms with Crippen molar-refractivity contribution < 1.29 is 0 Å². The molecule has 2 nitrogen and oxygen atoms in total. The molecule has 0 radical (unpaired) electrons. The third-order valence-electron chi connectivity index (χ3n) is 6.77. The van der Waals surface area contributed by atoms with Crippen molar-refractivity contribution in [2.45, 2.75) is 63.3 Å². The second-order valence-corrected chi connectivity index (χ2v) is 7.88. The van der Waals surface area contributed by atoms with E-state index in [2.05, 4.69) is 11.4 Å². The highest BCUT2D eigenvalue weighted by Crippen LogP contribution is 2.56. The Kier molecular flexibility index (Phi) is 2.88. The molecule has 0 aliphatic heterocycles. The quantitative estimate of drug-likeness (QED) is 0.841. The smallest absolute Gasteiger partial charge is 0.106 e. The van der Waals surface area contributed by atoms with E-state index in [1.807, 2.05) is 0 Å². The summed E-state index contributed by atoms with van der Waals surface area (Å²) in [6, 6.07) is 2.59. The molecule has 0 unspecified atom stereocenters. The first-order chi connectivity index (χ1) is 9.28. The molecule has 5 aliphatic rings. The summed E-state index contributed by atoms with van der Waals surface area (Å²) in [7, 11) is 0. The maximum absolute atomic E-state index is 9.49. The predicted octanol–water partition coefficient (Wildman–Crippen LogP) is 3.48. The fourth-order valence-corrected chi connectivity index (χ4v) is 5.99. The van der Waals surface area contributed by atoms with Crippen LogP contribution in [0.4, 0.5) is 0 Å². The molecule has 19 heavy (non-hydrogen) atoms. The van der Waals surface area contributed by atoms with E-state index in [0.29, 0.717) is 0 Å². The van der Waals surface area contributed by atoms with Gasteiger partial charge in [0.05, 0.1) is 6.07 Å². The highest BCUT2D eigenvalue weighted by atomic mass is 15.0. The van der Waals surface area contributed by atoms with Crippen molar-refractivity contribution in [1.29, 1.82) is 5.26 Å². The summed E-state index contributed by atoms with van der Waals surface area (Å²) < 4.78 is 0. The summed E-state index contributed by atoms with van der Waals surface area (Å²) in [6.07, 6.45) is 12.2. The molecule has 5 aliphatic carbocycles. The van der Waals surface area contributed by atoms with Crippen LogP contribution in [0.25, 0.3) is 0 Å². The monoisotopic (exact) mass is 258 g/mol. The maximum atomic E-state index is 9.49. The lowest BCUT2D eigenvalue weighted by Gasteiger charge is -2.55. The third kappa shape index (κ3) is 2.02. The molecule has 1 N–H and O–H groups in total. The van der Waals surface area contributed by atoms with Gasteiger partial charge >= 0.3 is 0 Å². The van der Waals surface area contributed by atoms with Gasteiger partial charge in [0.2, 0.25) is 0 Å². The Hall–Kier alpha value is -0.550. The molecule has 5 saturated carbocycles. The first kappa shape index (κ1) is 12.2. The molecular formula is C17H26N2. The van der Waals surface area contributed by atoms with Crippen molar-refractivity contribution >= 4 is 0 Å². The van der Waals surface area contributed by atoms with Crippen LogP contribution in [0.15, 0.2) is 0 Å². The topological polar surface area (TPSA) is 35.8 Å². The van der Waals surface area contributed by atoms with Crippen LogP contribution in [-0.4, -0.2) is 12.1 Å². The van der Waals surface area contributed by atoms with Crippen LogP contribution in [0, 0.1) is 40.9 Å². The van der Waals surface area contributed by atoms with Gasteiger partial charge in [-0.3, -0.25) is 5.32 Å². The van der Waals surface area contributed by atoms with Gasteiger partial charge in [-0.15, -0.1) is 0 Å². The molecule has 4 bridgehead atoms. The fourth-order valence-electron chi connectivity index (χ4n) is 5.99. The van der Waals surface area contributed by atoms with E-state index < -0.39 is 0 Å². The summed E-state index contributed by atoms with van der Waals surface area (Å²) in [5, 5.41) is 13.2. The van der Waals surface area contributed by atoms with Gasteiger partial charge in [-0.25, -0.2) is 0 Å². The molecule has 2 heteroatoms. The van der Waals surface area contributed by atoms with Gasteiger partial charge in [-0.2, -0.15) is 5.26 Å². The zero-order valence-corrected chi connectivity index (χ0v) is 11.9. The molecule has 104 valence electrons. The van der Waals surface area contributed by atoms with Gasteiger partial charge in [0.25, 0.3) is 0 Å². The van der Waals surface area contributed by atoms with Gasteiger partial charge in [0, 0.05) is 0 Å². The van der Waals surface area contributed by atoms with E-state index in [9.17, 15) is 5.26 Å². The number of nitrogens with one attached hydrogen (secondary N) is 1. The van der Waals surface area contributed by atoms with Crippen LogP contribution in [-0.2, 0) is 0 Å². The minimum absolute atomic E-state index is 0.158. The normalized spacial score (nSPS) is 46.4. The maximum Gasteiger partial charge on any atom is 0.106 e. The van der Waals surface area contributed by atoms with Gasteiger partial charge in [-0.1, -0.05) is 12.8 Å². The number of rotatable bonds is 3. The van der Waals surface area contributed by atoms with Gasteiger partial charge in [0.1, 0.15) is 5.54 Å². The molecule has 0 aromatic carbocycles. The van der Waals surface area contributed by atoms with Crippen LogP contribution < -0.4 is 5.32 Å². The Labute approximate surface area is 116 Å². The second kappa shape index (κ2) is 4.48. The number of hydrogen-bond acceptors (Lipinski definition) is 2. The van der Waals surface area contributed by atoms with E-state index in [0.717, 1.165) is 49.0 Å². The summed E-state index contributed by atoms with van der Waals surface area (Å²) in [5.41, 5.74) is -0.158. The lowest BCUT2D eigenvalue weighted by atomic mass is 9.52. The van der Waals surface area contributed by atoms with Gasteiger partial charge in [0.15, 0.2) is 0 Å². The minimum atomic E-state index is -0.158. The number of nitriles is 1. The first-order valence-electron chi connectivity index (χ1n) is 8.44. The lowest BCUT2D eigenvalue weighted by molar-refractivity contribution is -0.0371. The predicted molar refractivity (Wildman–Crippen MR) is 75.3 cm³/mol. The molecule has 0 aromatic rings. The standard InChI is InChI=1S/C17H26N2/c18-11-17(3-1-2-4-17)19-10-16-14-6-12-5-13(8-14)9-15(16)7-12/h12-16,19H,1-10H2. The third-order valence-corrected chi connectivity index (χ3v) is 6.77. The van der Waals surface area contributed by atoms with E-state index in [-0.39, 0.29) is 5.54 Å². The summed E-state index contributed by atoms with van der Waals surface area (Å²) >= 11 is 0. The molecule has 5 rings (SSSR count). The van der Waals surface area contributed by atoms with Crippen LogP contribution in [0.3, 0.4) is 0 Å². The Morgan fingerprint density at radius 2 is 1.53 bits per heavy atom.